The monoisotopic (exact) mass is 187 g/mol. The number of aliphatic hydroxyl groups is 2. The third-order valence-electron chi connectivity index (χ3n) is 3.03. The molecule has 0 aromatic rings. The maximum atomic E-state index is 9.85. The largest absolute Gasteiger partial charge is 0.393 e. The highest BCUT2D eigenvalue weighted by atomic mass is 16.3. The molecular formula is C10H21NO2. The van der Waals surface area contributed by atoms with Gasteiger partial charge in [-0.1, -0.05) is 6.92 Å². The van der Waals surface area contributed by atoms with E-state index < -0.39 is 5.60 Å². The minimum Gasteiger partial charge on any atom is -0.393 e. The number of nitrogens with one attached hydrogen (secondary N) is 1. The van der Waals surface area contributed by atoms with Crippen LogP contribution in [0.15, 0.2) is 0 Å². The molecule has 0 amide bonds. The molecule has 3 nitrogen and oxygen atoms in total. The Kier molecular flexibility index (Phi) is 3.71. The van der Waals surface area contributed by atoms with Crippen molar-refractivity contribution in [2.45, 2.75) is 44.8 Å². The zero-order valence-electron chi connectivity index (χ0n) is 8.58. The Bertz CT molecular complexity index is 159. The van der Waals surface area contributed by atoms with E-state index in [0.29, 0.717) is 6.42 Å². The summed E-state index contributed by atoms with van der Waals surface area (Å²) in [5, 5.41) is 22.8. The van der Waals surface area contributed by atoms with Gasteiger partial charge < -0.3 is 15.5 Å². The summed E-state index contributed by atoms with van der Waals surface area (Å²) in [7, 11) is 0. The Balaban J connectivity index is 2.42. The smallest absolute Gasteiger partial charge is 0.0621 e. The lowest BCUT2D eigenvalue weighted by atomic mass is 9.84. The lowest BCUT2D eigenvalue weighted by Gasteiger charge is -2.33. The molecule has 3 N–H and O–H groups in total. The fraction of sp³-hybridized carbons (Fsp3) is 1.00. The van der Waals surface area contributed by atoms with Crippen molar-refractivity contribution in [3.05, 3.63) is 0 Å². The Hall–Kier alpha value is -0.120. The molecular weight excluding hydrogens is 166 g/mol. The molecule has 1 aliphatic rings. The molecule has 0 aromatic carbocycles. The van der Waals surface area contributed by atoms with Crippen molar-refractivity contribution in [1.29, 1.82) is 0 Å². The van der Waals surface area contributed by atoms with E-state index >= 15 is 0 Å². The van der Waals surface area contributed by atoms with Crippen LogP contribution < -0.4 is 5.32 Å². The zero-order valence-corrected chi connectivity index (χ0v) is 8.58. The van der Waals surface area contributed by atoms with Crippen molar-refractivity contribution in [3.63, 3.8) is 0 Å². The summed E-state index contributed by atoms with van der Waals surface area (Å²) in [6.45, 7) is 5.54. The number of rotatable bonds is 3. The van der Waals surface area contributed by atoms with Crippen molar-refractivity contribution in [3.8, 4) is 0 Å². The first-order valence-corrected chi connectivity index (χ1v) is 5.16. The molecule has 3 atom stereocenters. The molecule has 3 heteroatoms. The third kappa shape index (κ3) is 3.25. The highest BCUT2D eigenvalue weighted by molar-refractivity contribution is 4.83. The fourth-order valence-electron chi connectivity index (χ4n) is 1.83. The van der Waals surface area contributed by atoms with E-state index in [1.54, 1.807) is 0 Å². The van der Waals surface area contributed by atoms with Gasteiger partial charge in [0.1, 0.15) is 0 Å². The molecule has 0 saturated carbocycles. The molecule has 1 rings (SSSR count). The SMILES string of the molecule is CCC(C)(O)CC1CNCCC1O. The van der Waals surface area contributed by atoms with Gasteiger partial charge in [0.15, 0.2) is 0 Å². The summed E-state index contributed by atoms with van der Waals surface area (Å²) in [5.41, 5.74) is -0.620. The van der Waals surface area contributed by atoms with Crippen LogP contribution in [0.25, 0.3) is 0 Å². The maximum Gasteiger partial charge on any atom is 0.0621 e. The van der Waals surface area contributed by atoms with E-state index in [2.05, 4.69) is 5.32 Å². The van der Waals surface area contributed by atoms with Crippen LogP contribution in [0, 0.1) is 5.92 Å². The van der Waals surface area contributed by atoms with Crippen LogP contribution in [0.4, 0.5) is 0 Å². The predicted octanol–water partition coefficient (Wildman–Crippen LogP) is 0.508. The standard InChI is InChI=1S/C10H21NO2/c1-3-10(2,13)6-8-7-11-5-4-9(8)12/h8-9,11-13H,3-7H2,1-2H3. The fourth-order valence-corrected chi connectivity index (χ4v) is 1.83. The summed E-state index contributed by atoms with van der Waals surface area (Å²) in [5.74, 6) is 0.212. The van der Waals surface area contributed by atoms with E-state index in [9.17, 15) is 10.2 Å². The van der Waals surface area contributed by atoms with Crippen molar-refractivity contribution in [1.82, 2.24) is 5.32 Å². The van der Waals surface area contributed by atoms with E-state index in [1.165, 1.54) is 0 Å². The first kappa shape index (κ1) is 11.0. The Labute approximate surface area is 80.2 Å². The van der Waals surface area contributed by atoms with Gasteiger partial charge in [-0.05, 0) is 32.7 Å². The lowest BCUT2D eigenvalue weighted by molar-refractivity contribution is -0.0109. The summed E-state index contributed by atoms with van der Waals surface area (Å²) in [6.07, 6.45) is 2.01. The van der Waals surface area contributed by atoms with Crippen LogP contribution >= 0.6 is 0 Å². The van der Waals surface area contributed by atoms with Crippen LogP contribution in [0.1, 0.15) is 33.1 Å². The number of piperidine rings is 1. The minimum absolute atomic E-state index is 0.212. The van der Waals surface area contributed by atoms with E-state index in [4.69, 9.17) is 0 Å². The second-order valence-electron chi connectivity index (χ2n) is 4.37. The number of aliphatic hydroxyl groups excluding tert-OH is 1. The van der Waals surface area contributed by atoms with E-state index in [1.807, 2.05) is 13.8 Å². The van der Waals surface area contributed by atoms with Crippen LogP contribution in [0.2, 0.25) is 0 Å². The maximum absolute atomic E-state index is 9.85. The molecule has 13 heavy (non-hydrogen) atoms. The van der Waals surface area contributed by atoms with E-state index in [0.717, 1.165) is 25.9 Å². The summed E-state index contributed by atoms with van der Waals surface area (Å²) >= 11 is 0. The van der Waals surface area contributed by atoms with Gasteiger partial charge in [0, 0.05) is 12.5 Å². The van der Waals surface area contributed by atoms with Crippen molar-refractivity contribution in [2.24, 2.45) is 5.92 Å². The number of hydrogen-bond acceptors (Lipinski definition) is 3. The molecule has 1 aliphatic heterocycles. The van der Waals surface area contributed by atoms with Gasteiger partial charge in [-0.15, -0.1) is 0 Å². The highest BCUT2D eigenvalue weighted by Crippen LogP contribution is 2.24. The van der Waals surface area contributed by atoms with Gasteiger partial charge in [-0.3, -0.25) is 0 Å². The second-order valence-corrected chi connectivity index (χ2v) is 4.37. The van der Waals surface area contributed by atoms with Crippen molar-refractivity contribution < 1.29 is 10.2 Å². The van der Waals surface area contributed by atoms with Gasteiger partial charge >= 0.3 is 0 Å². The van der Waals surface area contributed by atoms with Gasteiger partial charge in [0.2, 0.25) is 0 Å². The van der Waals surface area contributed by atoms with Gasteiger partial charge in [0.05, 0.1) is 11.7 Å². The Morgan fingerprint density at radius 3 is 2.77 bits per heavy atom. The third-order valence-corrected chi connectivity index (χ3v) is 3.03. The first-order chi connectivity index (χ1) is 6.05. The van der Waals surface area contributed by atoms with Crippen LogP contribution in [-0.2, 0) is 0 Å². The van der Waals surface area contributed by atoms with E-state index in [-0.39, 0.29) is 12.0 Å². The van der Waals surface area contributed by atoms with Gasteiger partial charge in [0.25, 0.3) is 0 Å². The minimum atomic E-state index is -0.620. The number of hydrogen-bond donors (Lipinski definition) is 3. The van der Waals surface area contributed by atoms with Crippen molar-refractivity contribution >= 4 is 0 Å². The average Bonchev–Trinajstić information content (AvgIpc) is 2.09. The molecule has 0 radical (unpaired) electrons. The Morgan fingerprint density at radius 1 is 1.54 bits per heavy atom. The molecule has 1 fully saturated rings. The average molecular weight is 187 g/mol. The predicted molar refractivity (Wildman–Crippen MR) is 52.5 cm³/mol. The van der Waals surface area contributed by atoms with Crippen molar-refractivity contribution in [2.75, 3.05) is 13.1 Å². The molecule has 0 aromatic heterocycles. The highest BCUT2D eigenvalue weighted by Gasteiger charge is 2.29. The normalized spacial score (nSPS) is 34.2. The first-order valence-electron chi connectivity index (χ1n) is 5.16. The molecule has 0 spiro atoms. The molecule has 78 valence electrons. The molecule has 1 heterocycles. The Morgan fingerprint density at radius 2 is 2.23 bits per heavy atom. The second kappa shape index (κ2) is 4.40. The molecule has 0 bridgehead atoms. The van der Waals surface area contributed by atoms with Gasteiger partial charge in [-0.2, -0.15) is 0 Å². The quantitative estimate of drug-likeness (QED) is 0.603. The molecule has 1 saturated heterocycles. The molecule has 3 unspecified atom stereocenters. The molecule has 0 aliphatic carbocycles. The lowest BCUT2D eigenvalue weighted by Crippen LogP contribution is -2.43. The topological polar surface area (TPSA) is 52.5 Å². The van der Waals surface area contributed by atoms with Crippen LogP contribution in [0.3, 0.4) is 0 Å². The summed E-state index contributed by atoms with van der Waals surface area (Å²) in [4.78, 5) is 0. The van der Waals surface area contributed by atoms with Gasteiger partial charge in [-0.25, -0.2) is 0 Å². The van der Waals surface area contributed by atoms with Crippen LogP contribution in [0.5, 0.6) is 0 Å². The van der Waals surface area contributed by atoms with Crippen LogP contribution in [-0.4, -0.2) is 35.0 Å². The summed E-state index contributed by atoms with van der Waals surface area (Å²) in [6, 6.07) is 0. The summed E-state index contributed by atoms with van der Waals surface area (Å²) < 4.78 is 0. The zero-order chi connectivity index (χ0) is 9.90.